The number of hydrogen-bond donors (Lipinski definition) is 1. The van der Waals surface area contributed by atoms with Crippen molar-refractivity contribution in [3.8, 4) is 45.4 Å². The SMILES string of the molecule is COc1cccc(-c2c(CCC(N)=O)c(-c3ccc(Oc4ccc(Cl)c(Cl)c4)c(OC)c3)c3c([AsH2])ncnn23)c1. The van der Waals surface area contributed by atoms with Gasteiger partial charge in [0, 0.05) is 0 Å². The van der Waals surface area contributed by atoms with Crippen LogP contribution in [0, 0.1) is 0 Å². The number of nitrogens with two attached hydrogens (primary N) is 1. The zero-order valence-electron chi connectivity index (χ0n) is 21.7. The summed E-state index contributed by atoms with van der Waals surface area (Å²) in [5, 5.41) is 5.44. The zero-order valence-corrected chi connectivity index (χ0v) is 25.6. The van der Waals surface area contributed by atoms with Gasteiger partial charge < -0.3 is 0 Å². The van der Waals surface area contributed by atoms with Crippen molar-refractivity contribution in [3.05, 3.63) is 82.6 Å². The van der Waals surface area contributed by atoms with Crippen LogP contribution < -0.4 is 24.4 Å². The van der Waals surface area contributed by atoms with E-state index < -0.39 is 5.91 Å². The summed E-state index contributed by atoms with van der Waals surface area (Å²) in [7, 11) is 3.20. The van der Waals surface area contributed by atoms with Crippen molar-refractivity contribution in [2.45, 2.75) is 12.8 Å². The van der Waals surface area contributed by atoms with Gasteiger partial charge in [-0.3, -0.25) is 0 Å². The number of carbonyl (C=O) groups excluding carboxylic acids is 1. The molecule has 0 spiro atoms. The van der Waals surface area contributed by atoms with Gasteiger partial charge in [-0.05, 0) is 0 Å². The molecule has 11 heteroatoms. The minimum absolute atomic E-state index is 0.161. The molecule has 0 bridgehead atoms. The molecular weight excluding hydrogens is 614 g/mol. The van der Waals surface area contributed by atoms with Crippen LogP contribution in [-0.4, -0.2) is 51.6 Å². The average molecular weight is 639 g/mol. The number of halogens is 2. The number of ether oxygens (including phenoxy) is 3. The molecule has 2 aromatic heterocycles. The molecule has 0 aliphatic heterocycles. The van der Waals surface area contributed by atoms with Crippen LogP contribution in [0.4, 0.5) is 0 Å². The van der Waals surface area contributed by atoms with Gasteiger partial charge in [-0.15, -0.1) is 0 Å². The first-order valence-electron chi connectivity index (χ1n) is 12.2. The van der Waals surface area contributed by atoms with Gasteiger partial charge in [0.1, 0.15) is 0 Å². The second-order valence-electron chi connectivity index (χ2n) is 8.85. The predicted molar refractivity (Wildman–Crippen MR) is 159 cm³/mol. The minimum atomic E-state index is -0.396. The Morgan fingerprint density at radius 1 is 0.950 bits per heavy atom. The van der Waals surface area contributed by atoms with Gasteiger partial charge in [-0.25, -0.2) is 0 Å². The summed E-state index contributed by atoms with van der Waals surface area (Å²) in [6, 6.07) is 18.4. The van der Waals surface area contributed by atoms with Crippen LogP contribution in [0.5, 0.6) is 23.0 Å². The third kappa shape index (κ3) is 5.48. The van der Waals surface area contributed by atoms with Crippen molar-refractivity contribution in [1.29, 1.82) is 0 Å². The Morgan fingerprint density at radius 2 is 1.77 bits per heavy atom. The molecular formula is C29H25AsCl2N4O4. The summed E-state index contributed by atoms with van der Waals surface area (Å²) in [4.78, 5) is 16.4. The molecule has 40 heavy (non-hydrogen) atoms. The number of nitrogens with zero attached hydrogens (tertiary/aromatic N) is 3. The Kier molecular flexibility index (Phi) is 8.21. The van der Waals surface area contributed by atoms with Gasteiger partial charge in [-0.1, -0.05) is 11.6 Å². The molecule has 8 nitrogen and oxygen atoms in total. The van der Waals surface area contributed by atoms with Crippen LogP contribution in [0.3, 0.4) is 0 Å². The topological polar surface area (TPSA) is 101 Å². The second-order valence-corrected chi connectivity index (χ2v) is 10.8. The number of aromatic nitrogens is 3. The number of amides is 1. The number of fused-ring (bicyclic) bond motifs is 1. The van der Waals surface area contributed by atoms with E-state index in [0.717, 1.165) is 37.9 Å². The van der Waals surface area contributed by atoms with E-state index in [0.29, 0.717) is 39.5 Å². The average Bonchev–Trinajstić information content (AvgIpc) is 3.29. The van der Waals surface area contributed by atoms with E-state index in [9.17, 15) is 4.79 Å². The maximum absolute atomic E-state index is 11.9. The molecule has 0 radical (unpaired) electrons. The van der Waals surface area contributed by atoms with Crippen LogP contribution in [0.1, 0.15) is 12.0 Å². The van der Waals surface area contributed by atoms with E-state index in [1.54, 1.807) is 32.4 Å². The molecule has 0 saturated heterocycles. The summed E-state index contributed by atoms with van der Waals surface area (Å²) < 4.78 is 20.0. The molecule has 2 heterocycles. The summed E-state index contributed by atoms with van der Waals surface area (Å²) in [6.45, 7) is 0. The summed E-state index contributed by atoms with van der Waals surface area (Å²) in [5.74, 6) is 1.83. The van der Waals surface area contributed by atoms with Crippen molar-refractivity contribution in [2.75, 3.05) is 14.2 Å². The molecule has 0 aliphatic carbocycles. The molecule has 3 aromatic carbocycles. The Hall–Kier alpha value is -3.71. The van der Waals surface area contributed by atoms with Gasteiger partial charge in [-0.2, -0.15) is 0 Å². The Bertz CT molecular complexity index is 1740. The van der Waals surface area contributed by atoms with Gasteiger partial charge >= 0.3 is 239 Å². The molecule has 5 aromatic rings. The van der Waals surface area contributed by atoms with Crippen LogP contribution in [0.2, 0.25) is 10.0 Å². The third-order valence-corrected chi connectivity index (χ3v) is 8.02. The normalized spacial score (nSPS) is 11.0. The van der Waals surface area contributed by atoms with Crippen molar-refractivity contribution in [1.82, 2.24) is 14.6 Å². The molecule has 1 amide bonds. The van der Waals surface area contributed by atoms with E-state index in [-0.39, 0.29) is 6.42 Å². The van der Waals surface area contributed by atoms with Crippen LogP contribution in [-0.2, 0) is 11.2 Å². The fourth-order valence-electron chi connectivity index (χ4n) is 4.60. The van der Waals surface area contributed by atoms with Gasteiger partial charge in [0.15, 0.2) is 0 Å². The summed E-state index contributed by atoms with van der Waals surface area (Å²) >= 11 is 13.6. The summed E-state index contributed by atoms with van der Waals surface area (Å²) in [5.41, 5.74) is 10.8. The zero-order chi connectivity index (χ0) is 28.4. The second kappa shape index (κ2) is 11.8. The number of benzene rings is 3. The van der Waals surface area contributed by atoms with Crippen molar-refractivity contribution >= 4 is 56.0 Å². The number of carbonyl (C=O) groups is 1. The van der Waals surface area contributed by atoms with E-state index in [4.69, 9.17) is 43.1 Å². The van der Waals surface area contributed by atoms with Gasteiger partial charge in [0.25, 0.3) is 0 Å². The Morgan fingerprint density at radius 3 is 2.50 bits per heavy atom. The molecule has 0 saturated carbocycles. The van der Waals surface area contributed by atoms with Crippen LogP contribution >= 0.6 is 23.2 Å². The first-order chi connectivity index (χ1) is 19.3. The Labute approximate surface area is 249 Å². The monoisotopic (exact) mass is 638 g/mol. The first-order valence-corrected chi connectivity index (χ1v) is 14.2. The fourth-order valence-corrected chi connectivity index (χ4v) is 5.59. The van der Waals surface area contributed by atoms with E-state index in [1.165, 1.54) is 23.2 Å². The number of methoxy groups -OCH3 is 2. The fraction of sp³-hybridized carbons (Fsp3) is 0.138. The Balaban J connectivity index is 1.72. The van der Waals surface area contributed by atoms with Crippen LogP contribution in [0.25, 0.3) is 27.9 Å². The molecule has 1 atom stereocenters. The third-order valence-electron chi connectivity index (χ3n) is 6.39. The van der Waals surface area contributed by atoms with Gasteiger partial charge in [0.2, 0.25) is 0 Å². The van der Waals surface area contributed by atoms with Crippen molar-refractivity contribution < 1.29 is 19.0 Å². The number of hydrogen-bond acceptors (Lipinski definition) is 6. The molecule has 0 fully saturated rings. The van der Waals surface area contributed by atoms with E-state index in [1.807, 2.05) is 47.0 Å². The van der Waals surface area contributed by atoms with Gasteiger partial charge in [0.05, 0.1) is 0 Å². The molecule has 204 valence electrons. The number of rotatable bonds is 9. The van der Waals surface area contributed by atoms with Crippen LogP contribution in [0.15, 0.2) is 67.0 Å². The summed E-state index contributed by atoms with van der Waals surface area (Å²) in [6.07, 6.45) is 2.09. The molecule has 0 aliphatic rings. The van der Waals surface area contributed by atoms with Crippen molar-refractivity contribution in [2.24, 2.45) is 5.73 Å². The van der Waals surface area contributed by atoms with E-state index in [2.05, 4.69) is 10.1 Å². The number of primary amides is 1. The molecule has 2 N–H and O–H groups in total. The quantitative estimate of drug-likeness (QED) is 0.232. The molecule has 1 unspecified atom stereocenters. The first kappa shape index (κ1) is 27.8. The standard InChI is InChI=1S/C29H25AsCl2N4O4/c1-38-18-5-3-4-17(12-18)27-20(8-11-25(33)37)26(28-29(30)34-15-35-36(27)28)16-6-10-23(24(13-16)39-2)40-19-7-9-21(31)22(32)14-19/h3-7,9-10,12-15H,8,11,30H2,1-2H3,(H2,33,37). The maximum atomic E-state index is 11.9. The predicted octanol–water partition coefficient (Wildman–Crippen LogP) is 4.86. The van der Waals surface area contributed by atoms with Crippen molar-refractivity contribution in [3.63, 3.8) is 0 Å². The molecule has 5 rings (SSSR count). The van der Waals surface area contributed by atoms with E-state index >= 15 is 0 Å².